The summed E-state index contributed by atoms with van der Waals surface area (Å²) < 4.78 is 4.96. The maximum absolute atomic E-state index is 12.5. The van der Waals surface area contributed by atoms with Crippen molar-refractivity contribution in [3.05, 3.63) is 47.1 Å². The summed E-state index contributed by atoms with van der Waals surface area (Å²) >= 11 is 0. The molecule has 3 aliphatic rings. The lowest BCUT2D eigenvalue weighted by Gasteiger charge is -2.56. The standard InChI is InChI=1S/C31H46O5/c1-19(2)10-9-11-21(28(34)35)27-25(32)18-31(7)24-13-12-22(20(3)4)29(5,16-15-26(33)36-8)23(24)14-17-30(27,31)6/h10,13-14,21-22,25,27,32H,3,9,11-12,15-18H2,1-2,4-8H3,(H,34,35)/t21?,22-,25+,27-,29-,30+,31-/m0/s1. The molecule has 0 aromatic heterocycles. The Bertz CT molecular complexity index is 998. The third kappa shape index (κ3) is 4.64. The Kier molecular flexibility index (Phi) is 8.15. The minimum absolute atomic E-state index is 0.211. The molecular formula is C31H46O5. The number of ether oxygens (including phenoxy) is 1. The minimum Gasteiger partial charge on any atom is -0.481 e. The molecule has 0 saturated heterocycles. The monoisotopic (exact) mass is 498 g/mol. The molecule has 0 heterocycles. The summed E-state index contributed by atoms with van der Waals surface area (Å²) in [6, 6.07) is 0. The lowest BCUT2D eigenvalue weighted by molar-refractivity contribution is -0.148. The SMILES string of the molecule is C=C(C)[C@@H]1CC=C2C(=CC[C@]3(C)[C@@H](C(CCC=C(C)C)C(=O)O)[C@H](O)C[C@@]23C)[C@@]1(C)CCC(=O)OC. The third-order valence-electron chi connectivity index (χ3n) is 10.0. The van der Waals surface area contributed by atoms with Crippen LogP contribution in [0.3, 0.4) is 0 Å². The summed E-state index contributed by atoms with van der Waals surface area (Å²) in [5.74, 6) is -1.75. The number of rotatable bonds is 9. The van der Waals surface area contributed by atoms with Crippen molar-refractivity contribution in [2.24, 2.45) is 34.0 Å². The van der Waals surface area contributed by atoms with Gasteiger partial charge in [0.1, 0.15) is 0 Å². The molecule has 1 unspecified atom stereocenters. The number of fused-ring (bicyclic) bond motifs is 3. The first-order valence-electron chi connectivity index (χ1n) is 13.4. The molecular weight excluding hydrogens is 452 g/mol. The first-order valence-corrected chi connectivity index (χ1v) is 13.4. The van der Waals surface area contributed by atoms with E-state index < -0.39 is 18.0 Å². The van der Waals surface area contributed by atoms with Crippen LogP contribution in [0.4, 0.5) is 0 Å². The lowest BCUT2D eigenvalue weighted by atomic mass is 9.48. The molecule has 200 valence electrons. The number of allylic oxidation sites excluding steroid dienone is 7. The maximum atomic E-state index is 12.5. The molecule has 0 aliphatic heterocycles. The van der Waals surface area contributed by atoms with Crippen molar-refractivity contribution in [3.63, 3.8) is 0 Å². The van der Waals surface area contributed by atoms with Crippen LogP contribution in [0.25, 0.3) is 0 Å². The second-order valence-electron chi connectivity index (χ2n) is 12.4. The quantitative estimate of drug-likeness (QED) is 0.275. The van der Waals surface area contributed by atoms with Crippen LogP contribution < -0.4 is 0 Å². The number of hydrogen-bond acceptors (Lipinski definition) is 4. The number of carboxylic acid groups (broad SMARTS) is 1. The third-order valence-corrected chi connectivity index (χ3v) is 10.0. The van der Waals surface area contributed by atoms with Crippen molar-refractivity contribution < 1.29 is 24.5 Å². The van der Waals surface area contributed by atoms with Crippen molar-refractivity contribution in [2.75, 3.05) is 7.11 Å². The van der Waals surface area contributed by atoms with Gasteiger partial charge >= 0.3 is 11.9 Å². The summed E-state index contributed by atoms with van der Waals surface area (Å²) in [5.41, 5.74) is 3.76. The van der Waals surface area contributed by atoms with Crippen LogP contribution in [-0.2, 0) is 14.3 Å². The predicted octanol–water partition coefficient (Wildman–Crippen LogP) is 6.64. The molecule has 36 heavy (non-hydrogen) atoms. The minimum atomic E-state index is -0.815. The largest absolute Gasteiger partial charge is 0.481 e. The Morgan fingerprint density at radius 1 is 1.19 bits per heavy atom. The highest BCUT2D eigenvalue weighted by atomic mass is 16.5. The van der Waals surface area contributed by atoms with Gasteiger partial charge < -0.3 is 14.9 Å². The van der Waals surface area contributed by atoms with Crippen molar-refractivity contribution in [1.82, 2.24) is 0 Å². The van der Waals surface area contributed by atoms with Gasteiger partial charge in [-0.3, -0.25) is 9.59 Å². The van der Waals surface area contributed by atoms with E-state index in [-0.39, 0.29) is 34.1 Å². The fraction of sp³-hybridized carbons (Fsp3) is 0.677. The van der Waals surface area contributed by atoms with E-state index in [1.54, 1.807) is 0 Å². The Morgan fingerprint density at radius 2 is 1.86 bits per heavy atom. The second-order valence-corrected chi connectivity index (χ2v) is 12.4. The van der Waals surface area contributed by atoms with Crippen LogP contribution in [0.2, 0.25) is 0 Å². The van der Waals surface area contributed by atoms with Gasteiger partial charge in [0.15, 0.2) is 0 Å². The highest BCUT2D eigenvalue weighted by Crippen LogP contribution is 2.70. The van der Waals surface area contributed by atoms with E-state index in [1.165, 1.54) is 23.8 Å². The molecule has 0 radical (unpaired) electrons. The molecule has 5 heteroatoms. The summed E-state index contributed by atoms with van der Waals surface area (Å²) in [4.78, 5) is 24.6. The van der Waals surface area contributed by atoms with E-state index >= 15 is 0 Å². The number of carbonyl (C=O) groups excluding carboxylic acids is 1. The number of carboxylic acids is 1. The van der Waals surface area contributed by atoms with Crippen molar-refractivity contribution >= 4 is 11.9 Å². The Hall–Kier alpha value is -2.14. The molecule has 0 aromatic rings. The molecule has 0 amide bonds. The molecule has 0 aromatic carbocycles. The fourth-order valence-corrected chi connectivity index (χ4v) is 7.87. The van der Waals surface area contributed by atoms with Crippen LogP contribution in [-0.4, -0.2) is 35.4 Å². The number of aliphatic hydroxyl groups excluding tert-OH is 1. The smallest absolute Gasteiger partial charge is 0.306 e. The van der Waals surface area contributed by atoms with E-state index in [9.17, 15) is 19.8 Å². The summed E-state index contributed by atoms with van der Waals surface area (Å²) in [5, 5.41) is 21.7. The van der Waals surface area contributed by atoms with Crippen molar-refractivity contribution in [3.8, 4) is 0 Å². The van der Waals surface area contributed by atoms with Crippen LogP contribution in [0.15, 0.2) is 47.1 Å². The Morgan fingerprint density at radius 3 is 2.42 bits per heavy atom. The first kappa shape index (κ1) is 28.4. The molecule has 1 fully saturated rings. The normalized spacial score (nSPS) is 36.1. The van der Waals surface area contributed by atoms with E-state index in [4.69, 9.17) is 4.74 Å². The molecule has 3 rings (SSSR count). The zero-order valence-corrected chi connectivity index (χ0v) is 23.3. The average molecular weight is 499 g/mol. The summed E-state index contributed by atoms with van der Waals surface area (Å²) in [6.45, 7) is 17.1. The second kappa shape index (κ2) is 10.3. The number of aliphatic carboxylic acids is 1. The van der Waals surface area contributed by atoms with Crippen LogP contribution in [0, 0.1) is 34.0 Å². The molecule has 5 nitrogen and oxygen atoms in total. The van der Waals surface area contributed by atoms with E-state index in [0.717, 1.165) is 12.0 Å². The van der Waals surface area contributed by atoms with Gasteiger partial charge in [-0.25, -0.2) is 0 Å². The van der Waals surface area contributed by atoms with Gasteiger partial charge in [0.25, 0.3) is 0 Å². The van der Waals surface area contributed by atoms with Gasteiger partial charge in [0.05, 0.1) is 19.1 Å². The van der Waals surface area contributed by atoms with Gasteiger partial charge in [0.2, 0.25) is 0 Å². The molecule has 2 N–H and O–H groups in total. The zero-order chi connectivity index (χ0) is 27.1. The molecule has 1 saturated carbocycles. The van der Waals surface area contributed by atoms with Gasteiger partial charge in [-0.05, 0) is 87.2 Å². The van der Waals surface area contributed by atoms with Gasteiger partial charge in [-0.2, -0.15) is 0 Å². The maximum Gasteiger partial charge on any atom is 0.306 e. The van der Waals surface area contributed by atoms with Crippen molar-refractivity contribution in [1.29, 1.82) is 0 Å². The number of aliphatic hydroxyl groups is 1. The molecule has 0 spiro atoms. The number of hydrogen-bond donors (Lipinski definition) is 2. The van der Waals surface area contributed by atoms with Crippen LogP contribution >= 0.6 is 0 Å². The highest BCUT2D eigenvalue weighted by molar-refractivity contribution is 5.71. The molecule has 3 aliphatic carbocycles. The molecule has 7 atom stereocenters. The number of carbonyl (C=O) groups is 2. The van der Waals surface area contributed by atoms with E-state index in [2.05, 4.69) is 52.5 Å². The summed E-state index contributed by atoms with van der Waals surface area (Å²) in [6.07, 6.45) is 10.3. The average Bonchev–Trinajstić information content (AvgIpc) is 3.00. The fourth-order valence-electron chi connectivity index (χ4n) is 7.87. The van der Waals surface area contributed by atoms with E-state index in [1.807, 2.05) is 13.8 Å². The van der Waals surface area contributed by atoms with Crippen LogP contribution in [0.5, 0.6) is 0 Å². The van der Waals surface area contributed by atoms with Crippen molar-refractivity contribution in [2.45, 2.75) is 92.6 Å². The zero-order valence-electron chi connectivity index (χ0n) is 23.3. The number of methoxy groups -OCH3 is 1. The van der Waals surface area contributed by atoms with Crippen LogP contribution in [0.1, 0.15) is 86.5 Å². The van der Waals surface area contributed by atoms with Gasteiger partial charge in [0, 0.05) is 17.8 Å². The summed E-state index contributed by atoms with van der Waals surface area (Å²) in [7, 11) is 1.43. The number of esters is 1. The highest BCUT2D eigenvalue weighted by Gasteiger charge is 2.65. The molecule has 0 bridgehead atoms. The topological polar surface area (TPSA) is 83.8 Å². The predicted molar refractivity (Wildman–Crippen MR) is 143 cm³/mol. The Balaban J connectivity index is 2.05. The van der Waals surface area contributed by atoms with Gasteiger partial charge in [-0.15, -0.1) is 0 Å². The van der Waals surface area contributed by atoms with E-state index in [0.29, 0.717) is 38.5 Å². The van der Waals surface area contributed by atoms with Gasteiger partial charge in [-0.1, -0.05) is 56.7 Å². The Labute approximate surface area is 217 Å². The lowest BCUT2D eigenvalue weighted by Crippen LogP contribution is -2.48. The first-order chi connectivity index (χ1) is 16.7.